The minimum Gasteiger partial charge on any atom is -0.278 e. The quantitative estimate of drug-likeness (QED) is 0.650. The lowest BCUT2D eigenvalue weighted by atomic mass is 10.2. The van der Waals surface area contributed by atoms with Gasteiger partial charge in [0, 0.05) is 18.0 Å². The van der Waals surface area contributed by atoms with Crippen LogP contribution in [0.15, 0.2) is 24.5 Å². The Bertz CT molecular complexity index is 413. The maximum absolute atomic E-state index is 5.93. The molecule has 2 rings (SSSR count). The van der Waals surface area contributed by atoms with E-state index in [-0.39, 0.29) is 0 Å². The van der Waals surface area contributed by atoms with Gasteiger partial charge in [0.25, 0.3) is 0 Å². The first kappa shape index (κ1) is 8.96. The van der Waals surface area contributed by atoms with E-state index < -0.39 is 0 Å². The molecule has 1 N–H and O–H groups in total. The Morgan fingerprint density at radius 3 is 2.92 bits per heavy atom. The molecule has 0 unspecified atom stereocenters. The van der Waals surface area contributed by atoms with Crippen molar-refractivity contribution in [3.05, 3.63) is 33.2 Å². The van der Waals surface area contributed by atoms with Crippen molar-refractivity contribution in [1.29, 1.82) is 0 Å². The van der Waals surface area contributed by atoms with Crippen molar-refractivity contribution < 1.29 is 0 Å². The summed E-state index contributed by atoms with van der Waals surface area (Å²) in [6.07, 6.45) is 3.46. The molecule has 0 aliphatic heterocycles. The van der Waals surface area contributed by atoms with Crippen molar-refractivity contribution in [2.24, 2.45) is 0 Å². The lowest BCUT2D eigenvalue weighted by Crippen LogP contribution is -1.84. The Morgan fingerprint density at radius 1 is 1.46 bits per heavy atom. The second-order valence-corrected chi connectivity index (χ2v) is 3.90. The summed E-state index contributed by atoms with van der Waals surface area (Å²) in [5.41, 5.74) is 1.87. The molecule has 2 heterocycles. The van der Waals surface area contributed by atoms with Crippen LogP contribution in [0, 0.1) is 3.70 Å². The van der Waals surface area contributed by atoms with Gasteiger partial charge in [0.15, 0.2) is 0 Å². The van der Waals surface area contributed by atoms with Crippen LogP contribution in [0.2, 0.25) is 5.02 Å². The maximum Gasteiger partial charge on any atom is 0.119 e. The Kier molecular flexibility index (Phi) is 2.50. The highest BCUT2D eigenvalue weighted by Gasteiger charge is 2.02. The van der Waals surface area contributed by atoms with Crippen molar-refractivity contribution in [3.63, 3.8) is 0 Å². The number of nitrogens with one attached hydrogen (secondary N) is 1. The summed E-state index contributed by atoms with van der Waals surface area (Å²) in [6.45, 7) is 0. The zero-order valence-corrected chi connectivity index (χ0v) is 9.37. The van der Waals surface area contributed by atoms with Crippen molar-refractivity contribution in [2.75, 3.05) is 0 Å². The SMILES string of the molecule is Clc1cc(-c2ccn[nH]2)cnc1I. The van der Waals surface area contributed by atoms with Gasteiger partial charge < -0.3 is 0 Å². The van der Waals surface area contributed by atoms with Crippen molar-refractivity contribution in [1.82, 2.24) is 15.2 Å². The first-order chi connectivity index (χ1) is 6.27. The Balaban J connectivity index is 2.49. The van der Waals surface area contributed by atoms with Crippen LogP contribution < -0.4 is 0 Å². The van der Waals surface area contributed by atoms with Gasteiger partial charge in [-0.2, -0.15) is 5.10 Å². The minimum atomic E-state index is 0.660. The van der Waals surface area contributed by atoms with Gasteiger partial charge in [0.2, 0.25) is 0 Å². The van der Waals surface area contributed by atoms with Crippen LogP contribution in [0.1, 0.15) is 0 Å². The smallest absolute Gasteiger partial charge is 0.119 e. The highest BCUT2D eigenvalue weighted by atomic mass is 127. The Labute approximate surface area is 93.7 Å². The number of rotatable bonds is 1. The third-order valence-corrected chi connectivity index (χ3v) is 3.07. The molecule has 2 aromatic heterocycles. The van der Waals surface area contributed by atoms with Gasteiger partial charge in [-0.25, -0.2) is 4.98 Å². The molecule has 0 spiro atoms. The van der Waals surface area contributed by atoms with Crippen LogP contribution >= 0.6 is 34.2 Å². The van der Waals surface area contributed by atoms with Crippen LogP contribution in [0.25, 0.3) is 11.3 Å². The third-order valence-electron chi connectivity index (χ3n) is 1.61. The number of aromatic nitrogens is 3. The average Bonchev–Trinajstić information content (AvgIpc) is 2.62. The monoisotopic (exact) mass is 305 g/mol. The topological polar surface area (TPSA) is 41.6 Å². The van der Waals surface area contributed by atoms with Crippen LogP contribution in [0.3, 0.4) is 0 Å². The van der Waals surface area contributed by atoms with Gasteiger partial charge in [-0.3, -0.25) is 5.10 Å². The predicted molar refractivity (Wildman–Crippen MR) is 59.5 cm³/mol. The Hall–Kier alpha value is -0.620. The molecule has 0 fully saturated rings. The molecule has 0 bridgehead atoms. The highest BCUT2D eigenvalue weighted by molar-refractivity contribution is 14.1. The number of nitrogens with zero attached hydrogens (tertiary/aromatic N) is 2. The summed E-state index contributed by atoms with van der Waals surface area (Å²) in [7, 11) is 0. The Morgan fingerprint density at radius 2 is 2.31 bits per heavy atom. The largest absolute Gasteiger partial charge is 0.278 e. The first-order valence-corrected chi connectivity index (χ1v) is 5.04. The van der Waals surface area contributed by atoms with E-state index in [0.29, 0.717) is 5.02 Å². The van der Waals surface area contributed by atoms with Crippen LogP contribution in [0.4, 0.5) is 0 Å². The fourth-order valence-electron chi connectivity index (χ4n) is 0.985. The molecule has 2 aromatic rings. The molecule has 0 saturated carbocycles. The number of hydrogen-bond donors (Lipinski definition) is 1. The number of hydrogen-bond acceptors (Lipinski definition) is 2. The molecular formula is C8H5ClIN3. The lowest BCUT2D eigenvalue weighted by molar-refractivity contribution is 1.09. The van der Waals surface area contributed by atoms with E-state index in [2.05, 4.69) is 37.8 Å². The van der Waals surface area contributed by atoms with E-state index in [4.69, 9.17) is 11.6 Å². The summed E-state index contributed by atoms with van der Waals surface area (Å²) in [5, 5.41) is 7.36. The van der Waals surface area contributed by atoms with E-state index in [1.54, 1.807) is 12.4 Å². The number of H-pyrrole nitrogens is 1. The van der Waals surface area contributed by atoms with Crippen LogP contribution in [0.5, 0.6) is 0 Å². The fraction of sp³-hybridized carbons (Fsp3) is 0. The zero-order valence-electron chi connectivity index (χ0n) is 6.46. The van der Waals surface area contributed by atoms with Gasteiger partial charge >= 0.3 is 0 Å². The lowest BCUT2D eigenvalue weighted by Gasteiger charge is -1.98. The summed E-state index contributed by atoms with van der Waals surface area (Å²) in [4.78, 5) is 4.14. The molecule has 0 saturated heterocycles. The zero-order chi connectivity index (χ0) is 9.26. The van der Waals surface area contributed by atoms with Gasteiger partial charge in [-0.15, -0.1) is 0 Å². The van der Waals surface area contributed by atoms with Gasteiger partial charge in [-0.05, 0) is 34.7 Å². The third kappa shape index (κ3) is 1.83. The molecule has 13 heavy (non-hydrogen) atoms. The van der Waals surface area contributed by atoms with Crippen LogP contribution in [-0.2, 0) is 0 Å². The molecule has 3 nitrogen and oxygen atoms in total. The van der Waals surface area contributed by atoms with E-state index in [0.717, 1.165) is 15.0 Å². The maximum atomic E-state index is 5.93. The molecule has 0 aliphatic rings. The summed E-state index contributed by atoms with van der Waals surface area (Å²) in [5.74, 6) is 0. The molecular weight excluding hydrogens is 300 g/mol. The van der Waals surface area contributed by atoms with Crippen molar-refractivity contribution >= 4 is 34.2 Å². The van der Waals surface area contributed by atoms with Crippen LogP contribution in [-0.4, -0.2) is 15.2 Å². The molecule has 0 aliphatic carbocycles. The fourth-order valence-corrected chi connectivity index (χ4v) is 1.45. The van der Waals surface area contributed by atoms with Crippen molar-refractivity contribution in [3.8, 4) is 11.3 Å². The molecule has 66 valence electrons. The van der Waals surface area contributed by atoms with E-state index in [9.17, 15) is 0 Å². The summed E-state index contributed by atoms with van der Waals surface area (Å²) in [6, 6.07) is 3.74. The standard InChI is InChI=1S/C8H5ClIN3/c9-6-3-5(4-11-8(6)10)7-1-2-12-13-7/h1-4H,(H,12,13). The molecule has 0 atom stereocenters. The molecule has 0 radical (unpaired) electrons. The van der Waals surface area contributed by atoms with E-state index >= 15 is 0 Å². The molecule has 5 heteroatoms. The predicted octanol–water partition coefficient (Wildman–Crippen LogP) is 2.73. The summed E-state index contributed by atoms with van der Waals surface area (Å²) >= 11 is 8.02. The average molecular weight is 306 g/mol. The molecule has 0 amide bonds. The number of aromatic amines is 1. The van der Waals surface area contributed by atoms with Gasteiger partial charge in [0.05, 0.1) is 10.7 Å². The first-order valence-electron chi connectivity index (χ1n) is 3.58. The van der Waals surface area contributed by atoms with E-state index in [1.165, 1.54) is 0 Å². The minimum absolute atomic E-state index is 0.660. The normalized spacial score (nSPS) is 10.3. The number of pyridine rings is 1. The summed E-state index contributed by atoms with van der Waals surface area (Å²) < 4.78 is 0.808. The second kappa shape index (κ2) is 3.63. The van der Waals surface area contributed by atoms with Gasteiger partial charge in [0.1, 0.15) is 3.70 Å². The van der Waals surface area contributed by atoms with E-state index in [1.807, 2.05) is 12.1 Å². The highest BCUT2D eigenvalue weighted by Crippen LogP contribution is 2.22. The van der Waals surface area contributed by atoms with Crippen molar-refractivity contribution in [2.45, 2.75) is 0 Å². The second-order valence-electron chi connectivity index (χ2n) is 2.47. The number of halogens is 2. The molecule has 0 aromatic carbocycles. The van der Waals surface area contributed by atoms with Gasteiger partial charge in [-0.1, -0.05) is 11.6 Å².